The third kappa shape index (κ3) is 2.80. The zero-order chi connectivity index (χ0) is 17.4. The molecule has 2 heterocycles. The Morgan fingerprint density at radius 1 is 1.42 bits per heavy atom. The van der Waals surface area contributed by atoms with Gasteiger partial charge in [-0.3, -0.25) is 9.67 Å². The smallest absolute Gasteiger partial charge is 0.348 e. The van der Waals surface area contributed by atoms with Gasteiger partial charge < -0.3 is 9.52 Å². The van der Waals surface area contributed by atoms with E-state index >= 15 is 0 Å². The molecule has 2 aromatic heterocycles. The second-order valence-corrected chi connectivity index (χ2v) is 5.77. The van der Waals surface area contributed by atoms with Gasteiger partial charge in [-0.2, -0.15) is 5.10 Å². The summed E-state index contributed by atoms with van der Waals surface area (Å²) in [6.07, 6.45) is 0. The Morgan fingerprint density at radius 3 is 2.83 bits per heavy atom. The molecule has 0 fully saturated rings. The predicted octanol–water partition coefficient (Wildman–Crippen LogP) is 3.82. The summed E-state index contributed by atoms with van der Waals surface area (Å²) in [5.74, 6) is 0.199. The van der Waals surface area contributed by atoms with E-state index in [1.165, 1.54) is 6.07 Å². The van der Waals surface area contributed by atoms with Crippen molar-refractivity contribution >= 4 is 33.9 Å². The minimum Gasteiger partial charge on any atom is -0.507 e. The summed E-state index contributed by atoms with van der Waals surface area (Å²) in [7, 11) is 0. The first kappa shape index (κ1) is 16.3. The second-order valence-electron chi connectivity index (χ2n) is 5.41. The molecule has 0 bridgehead atoms. The van der Waals surface area contributed by atoms with Crippen molar-refractivity contribution in [3.8, 4) is 5.75 Å². The van der Waals surface area contributed by atoms with E-state index in [0.717, 1.165) is 10.9 Å². The molecule has 6 nitrogen and oxygen atoms in total. The van der Waals surface area contributed by atoms with Crippen molar-refractivity contribution < 1.29 is 9.52 Å². The van der Waals surface area contributed by atoms with E-state index in [2.05, 4.69) is 10.1 Å². The highest BCUT2D eigenvalue weighted by molar-refractivity contribution is 6.34. The van der Waals surface area contributed by atoms with Gasteiger partial charge in [0, 0.05) is 18.0 Å². The lowest BCUT2D eigenvalue weighted by molar-refractivity contribution is 0.432. The maximum absolute atomic E-state index is 12.0. The Hall–Kier alpha value is -2.60. The monoisotopic (exact) mass is 345 g/mol. The fraction of sp³-hybridized carbons (Fsp3) is 0.235. The molecule has 1 aromatic carbocycles. The fourth-order valence-corrected chi connectivity index (χ4v) is 2.86. The maximum Gasteiger partial charge on any atom is 0.348 e. The average Bonchev–Trinajstić information content (AvgIpc) is 2.82. The number of benzene rings is 1. The van der Waals surface area contributed by atoms with Gasteiger partial charge in [0.05, 0.1) is 16.9 Å². The number of hydrogen-bond acceptors (Lipinski definition) is 5. The summed E-state index contributed by atoms with van der Waals surface area (Å²) < 4.78 is 6.81. The number of aromatic nitrogens is 2. The highest BCUT2D eigenvalue weighted by Crippen LogP contribution is 2.27. The molecule has 124 valence electrons. The molecule has 0 saturated heterocycles. The van der Waals surface area contributed by atoms with Gasteiger partial charge in [-0.05, 0) is 39.0 Å². The van der Waals surface area contributed by atoms with E-state index in [9.17, 15) is 9.90 Å². The highest BCUT2D eigenvalue weighted by atomic mass is 35.5. The Kier molecular flexibility index (Phi) is 4.15. The van der Waals surface area contributed by atoms with E-state index < -0.39 is 5.63 Å². The lowest BCUT2D eigenvalue weighted by Crippen LogP contribution is -2.12. The minimum absolute atomic E-state index is 0.0581. The van der Waals surface area contributed by atoms with Gasteiger partial charge in [0.1, 0.15) is 17.1 Å². The molecule has 3 aromatic rings. The molecule has 0 spiro atoms. The first-order valence-corrected chi connectivity index (χ1v) is 7.84. The molecule has 24 heavy (non-hydrogen) atoms. The van der Waals surface area contributed by atoms with Crippen molar-refractivity contribution in [2.75, 3.05) is 0 Å². The van der Waals surface area contributed by atoms with Crippen LogP contribution < -0.4 is 5.63 Å². The maximum atomic E-state index is 12.0. The number of halogens is 1. The Labute approximate surface area is 143 Å². The zero-order valence-electron chi connectivity index (χ0n) is 13.5. The van der Waals surface area contributed by atoms with Crippen molar-refractivity contribution in [1.82, 2.24) is 9.78 Å². The van der Waals surface area contributed by atoms with E-state index in [1.807, 2.05) is 19.1 Å². The Bertz CT molecular complexity index is 1020. The molecule has 0 atom stereocenters. The van der Waals surface area contributed by atoms with Crippen LogP contribution in [0.2, 0.25) is 5.15 Å². The number of rotatable bonds is 3. The van der Waals surface area contributed by atoms with E-state index in [0.29, 0.717) is 28.9 Å². The van der Waals surface area contributed by atoms with Gasteiger partial charge in [0.15, 0.2) is 5.15 Å². The minimum atomic E-state index is -0.614. The predicted molar refractivity (Wildman–Crippen MR) is 93.7 cm³/mol. The van der Waals surface area contributed by atoms with Gasteiger partial charge in [-0.15, -0.1) is 0 Å². The van der Waals surface area contributed by atoms with E-state index in [1.54, 1.807) is 24.6 Å². The van der Waals surface area contributed by atoms with Crippen LogP contribution in [-0.4, -0.2) is 20.6 Å². The van der Waals surface area contributed by atoms with Crippen LogP contribution in [0.1, 0.15) is 25.2 Å². The van der Waals surface area contributed by atoms with Crippen molar-refractivity contribution in [2.24, 2.45) is 4.99 Å². The second kappa shape index (κ2) is 6.13. The van der Waals surface area contributed by atoms with Crippen molar-refractivity contribution in [1.29, 1.82) is 0 Å². The standard InChI is InChI=1S/C17H16ClN3O3/c1-4-21-13-8-11(5-6-12(13)16(18)20-21)19-10(3)15-14(22)7-9(2)24-17(15)23/h5-8,22H,4H2,1-3H3. The third-order valence-electron chi connectivity index (χ3n) is 3.70. The van der Waals surface area contributed by atoms with E-state index in [-0.39, 0.29) is 11.3 Å². The lowest BCUT2D eigenvalue weighted by atomic mass is 10.1. The third-order valence-corrected chi connectivity index (χ3v) is 3.98. The molecule has 0 unspecified atom stereocenters. The summed E-state index contributed by atoms with van der Waals surface area (Å²) in [6, 6.07) is 6.85. The summed E-state index contributed by atoms with van der Waals surface area (Å²) in [5, 5.41) is 15.5. The molecular formula is C17H16ClN3O3. The lowest BCUT2D eigenvalue weighted by Gasteiger charge is -2.04. The first-order chi connectivity index (χ1) is 11.4. The molecule has 3 rings (SSSR count). The summed E-state index contributed by atoms with van der Waals surface area (Å²) in [6.45, 7) is 5.90. The fourth-order valence-electron chi connectivity index (χ4n) is 2.61. The van der Waals surface area contributed by atoms with Crippen molar-refractivity contribution in [3.05, 3.63) is 51.2 Å². The normalized spacial score (nSPS) is 12.1. The summed E-state index contributed by atoms with van der Waals surface area (Å²) >= 11 is 6.11. The molecule has 0 aliphatic rings. The molecule has 0 aliphatic carbocycles. The van der Waals surface area contributed by atoms with Crippen molar-refractivity contribution in [3.63, 3.8) is 0 Å². The topological polar surface area (TPSA) is 80.6 Å². The summed E-state index contributed by atoms with van der Waals surface area (Å²) in [5.41, 5.74) is 1.30. The molecule has 0 radical (unpaired) electrons. The van der Waals surface area contributed by atoms with Crippen LogP contribution in [0.3, 0.4) is 0 Å². The Balaban J connectivity index is 2.11. The summed E-state index contributed by atoms with van der Waals surface area (Å²) in [4.78, 5) is 16.4. The number of hydrogen-bond donors (Lipinski definition) is 1. The SMILES string of the molecule is CCn1nc(Cl)c2ccc(N=C(C)c3c(O)cc(C)oc3=O)cc21. The molecular weight excluding hydrogens is 330 g/mol. The van der Waals surface area contributed by atoms with Crippen LogP contribution in [0.15, 0.2) is 38.5 Å². The number of aromatic hydroxyl groups is 1. The number of aliphatic imine (C=N–C) groups is 1. The van der Waals surface area contributed by atoms with E-state index in [4.69, 9.17) is 16.0 Å². The Morgan fingerprint density at radius 2 is 2.17 bits per heavy atom. The number of nitrogens with zero attached hydrogens (tertiary/aromatic N) is 3. The van der Waals surface area contributed by atoms with Crippen LogP contribution in [-0.2, 0) is 6.54 Å². The molecule has 1 N–H and O–H groups in total. The molecule has 7 heteroatoms. The van der Waals surface area contributed by atoms with Crippen LogP contribution in [0.25, 0.3) is 10.9 Å². The van der Waals surface area contributed by atoms with Crippen LogP contribution in [0.4, 0.5) is 5.69 Å². The largest absolute Gasteiger partial charge is 0.507 e. The van der Waals surface area contributed by atoms with Gasteiger partial charge >= 0.3 is 5.63 Å². The first-order valence-electron chi connectivity index (χ1n) is 7.46. The zero-order valence-corrected chi connectivity index (χ0v) is 14.3. The van der Waals surface area contributed by atoms with Crippen LogP contribution >= 0.6 is 11.6 Å². The molecule has 0 aliphatic heterocycles. The average molecular weight is 346 g/mol. The number of aryl methyl sites for hydroxylation is 2. The van der Waals surface area contributed by atoms with Crippen LogP contribution in [0.5, 0.6) is 5.75 Å². The number of fused-ring (bicyclic) bond motifs is 1. The van der Waals surface area contributed by atoms with Gasteiger partial charge in [0.2, 0.25) is 0 Å². The molecule has 0 saturated carbocycles. The molecule has 0 amide bonds. The van der Waals surface area contributed by atoms with Gasteiger partial charge in [0.25, 0.3) is 0 Å². The van der Waals surface area contributed by atoms with Crippen LogP contribution in [0, 0.1) is 6.92 Å². The highest BCUT2D eigenvalue weighted by Gasteiger charge is 2.14. The van der Waals surface area contributed by atoms with Gasteiger partial charge in [-0.1, -0.05) is 11.6 Å². The van der Waals surface area contributed by atoms with Crippen molar-refractivity contribution in [2.45, 2.75) is 27.3 Å². The quantitative estimate of drug-likeness (QED) is 0.732. The van der Waals surface area contributed by atoms with Gasteiger partial charge in [-0.25, -0.2) is 4.79 Å².